The number of anilines is 1. The van der Waals surface area contributed by atoms with Crippen molar-refractivity contribution in [2.24, 2.45) is 5.92 Å². The van der Waals surface area contributed by atoms with Crippen LogP contribution in [0.5, 0.6) is 0 Å². The number of rotatable bonds is 6. The molecule has 0 aromatic heterocycles. The van der Waals surface area contributed by atoms with Gasteiger partial charge in [0.2, 0.25) is 5.91 Å². The van der Waals surface area contributed by atoms with Gasteiger partial charge in [0.15, 0.2) is 9.84 Å². The van der Waals surface area contributed by atoms with Crippen LogP contribution in [0.2, 0.25) is 0 Å². The van der Waals surface area contributed by atoms with E-state index in [0.717, 1.165) is 6.42 Å². The predicted molar refractivity (Wildman–Crippen MR) is 91.0 cm³/mol. The third-order valence-corrected chi connectivity index (χ3v) is 6.51. The average molecular weight is 339 g/mol. The van der Waals surface area contributed by atoms with Crippen molar-refractivity contribution in [1.29, 1.82) is 0 Å². The molecule has 1 amide bonds. The lowest BCUT2D eigenvalue weighted by atomic mass is 10.2. The number of sulfone groups is 1. The van der Waals surface area contributed by atoms with Crippen molar-refractivity contribution in [3.8, 4) is 0 Å². The van der Waals surface area contributed by atoms with Crippen molar-refractivity contribution in [1.82, 2.24) is 0 Å². The molecule has 2 atom stereocenters. The standard InChI is InChI=1S/C17H25NO4S/c1-5-22-15-10-14(15)16(19)18-13-8-6-7-12(9-13)11-23(20,21)17(2,3)4/h6-9,14-15H,5,10-11H2,1-4H3,(H,18,19)/t14-,15-/m0/s1. The van der Waals surface area contributed by atoms with E-state index in [4.69, 9.17) is 4.74 Å². The van der Waals surface area contributed by atoms with E-state index in [2.05, 4.69) is 5.32 Å². The van der Waals surface area contributed by atoms with Crippen LogP contribution in [-0.2, 0) is 25.1 Å². The Bertz CT molecular complexity index is 676. The third-order valence-electron chi connectivity index (χ3n) is 3.93. The molecule has 0 aliphatic heterocycles. The normalized spacial score (nSPS) is 21.0. The first-order valence-corrected chi connectivity index (χ1v) is 9.53. The highest BCUT2D eigenvalue weighted by atomic mass is 32.2. The maximum Gasteiger partial charge on any atom is 0.230 e. The van der Waals surface area contributed by atoms with Gasteiger partial charge in [-0.25, -0.2) is 8.42 Å². The lowest BCUT2D eigenvalue weighted by Gasteiger charge is -2.19. The molecule has 0 radical (unpaired) electrons. The second-order valence-electron chi connectivity index (χ2n) is 6.90. The lowest BCUT2D eigenvalue weighted by Crippen LogP contribution is -2.29. The molecular weight excluding hydrogens is 314 g/mol. The van der Waals surface area contributed by atoms with Crippen LogP contribution >= 0.6 is 0 Å². The topological polar surface area (TPSA) is 72.5 Å². The summed E-state index contributed by atoms with van der Waals surface area (Å²) in [5, 5.41) is 2.84. The highest BCUT2D eigenvalue weighted by Gasteiger charge is 2.43. The number of nitrogens with one attached hydrogen (secondary N) is 1. The summed E-state index contributed by atoms with van der Waals surface area (Å²) in [6, 6.07) is 7.01. The molecule has 5 nitrogen and oxygen atoms in total. The van der Waals surface area contributed by atoms with E-state index in [0.29, 0.717) is 17.9 Å². The Labute approximate surface area is 138 Å². The maximum atomic E-state index is 12.3. The van der Waals surface area contributed by atoms with Crippen LogP contribution < -0.4 is 5.32 Å². The maximum absolute atomic E-state index is 12.3. The highest BCUT2D eigenvalue weighted by Crippen LogP contribution is 2.34. The fourth-order valence-electron chi connectivity index (χ4n) is 2.26. The number of benzene rings is 1. The molecule has 0 saturated heterocycles. The van der Waals surface area contributed by atoms with Crippen LogP contribution in [0.25, 0.3) is 0 Å². The molecule has 128 valence electrons. The van der Waals surface area contributed by atoms with Crippen LogP contribution in [0.3, 0.4) is 0 Å². The van der Waals surface area contributed by atoms with E-state index in [9.17, 15) is 13.2 Å². The van der Waals surface area contributed by atoms with Crippen LogP contribution in [0, 0.1) is 5.92 Å². The summed E-state index contributed by atoms with van der Waals surface area (Å²) in [6.07, 6.45) is 0.766. The van der Waals surface area contributed by atoms with Gasteiger partial charge in [-0.1, -0.05) is 12.1 Å². The largest absolute Gasteiger partial charge is 0.378 e. The minimum atomic E-state index is -3.25. The fourth-order valence-corrected chi connectivity index (χ4v) is 3.31. The molecule has 6 heteroatoms. The molecule has 1 N–H and O–H groups in total. The number of amides is 1. The van der Waals surface area contributed by atoms with Crippen LogP contribution in [0.1, 0.15) is 39.7 Å². The van der Waals surface area contributed by atoms with Gasteiger partial charge < -0.3 is 10.1 Å². The molecule has 1 saturated carbocycles. The molecule has 1 aromatic carbocycles. The molecule has 0 unspecified atom stereocenters. The number of carbonyl (C=O) groups is 1. The molecule has 23 heavy (non-hydrogen) atoms. The zero-order valence-corrected chi connectivity index (χ0v) is 14.9. The zero-order chi connectivity index (χ0) is 17.3. The fraction of sp³-hybridized carbons (Fsp3) is 0.588. The van der Waals surface area contributed by atoms with Gasteiger partial charge in [-0.05, 0) is 51.8 Å². The van der Waals surface area contributed by atoms with Gasteiger partial charge >= 0.3 is 0 Å². The van der Waals surface area contributed by atoms with Crippen LogP contribution in [0.4, 0.5) is 5.69 Å². The van der Waals surface area contributed by atoms with Gasteiger partial charge in [0.1, 0.15) is 0 Å². The quantitative estimate of drug-likeness (QED) is 0.865. The van der Waals surface area contributed by atoms with Crippen molar-refractivity contribution >= 4 is 21.4 Å². The zero-order valence-electron chi connectivity index (χ0n) is 14.1. The van der Waals surface area contributed by atoms with Crippen molar-refractivity contribution in [2.45, 2.75) is 50.7 Å². The molecule has 1 aliphatic rings. The minimum absolute atomic E-state index is 0.0180. The molecule has 0 heterocycles. The van der Waals surface area contributed by atoms with Crippen molar-refractivity contribution in [2.75, 3.05) is 11.9 Å². The lowest BCUT2D eigenvalue weighted by molar-refractivity contribution is -0.118. The van der Waals surface area contributed by atoms with E-state index in [1.807, 2.05) is 6.92 Å². The predicted octanol–water partition coefficient (Wildman–Crippen LogP) is 2.76. The highest BCUT2D eigenvalue weighted by molar-refractivity contribution is 7.91. The van der Waals surface area contributed by atoms with E-state index in [1.165, 1.54) is 0 Å². The van der Waals surface area contributed by atoms with E-state index < -0.39 is 14.6 Å². The minimum Gasteiger partial charge on any atom is -0.378 e. The summed E-state index contributed by atoms with van der Waals surface area (Å²) < 4.78 is 29.2. The Kier molecular flexibility index (Phi) is 5.16. The van der Waals surface area contributed by atoms with Crippen LogP contribution in [-0.4, -0.2) is 31.8 Å². The van der Waals surface area contributed by atoms with Gasteiger partial charge in [-0.15, -0.1) is 0 Å². The first kappa shape index (κ1) is 17.9. The Hall–Kier alpha value is -1.40. The Morgan fingerprint density at radius 1 is 1.35 bits per heavy atom. The average Bonchev–Trinajstić information content (AvgIpc) is 3.17. The Morgan fingerprint density at radius 2 is 2.04 bits per heavy atom. The summed E-state index contributed by atoms with van der Waals surface area (Å²) in [5.74, 6) is -0.207. The molecule has 1 fully saturated rings. The summed E-state index contributed by atoms with van der Waals surface area (Å²) >= 11 is 0. The van der Waals surface area contributed by atoms with E-state index in [-0.39, 0.29) is 23.7 Å². The monoisotopic (exact) mass is 339 g/mol. The first-order valence-electron chi connectivity index (χ1n) is 7.88. The summed E-state index contributed by atoms with van der Waals surface area (Å²) in [5.41, 5.74) is 1.30. The van der Waals surface area contributed by atoms with Gasteiger partial charge in [-0.2, -0.15) is 0 Å². The number of hydrogen-bond acceptors (Lipinski definition) is 4. The summed E-state index contributed by atoms with van der Waals surface area (Å²) in [7, 11) is -3.25. The van der Waals surface area contributed by atoms with E-state index in [1.54, 1.807) is 45.0 Å². The molecule has 1 aliphatic carbocycles. The number of ether oxygens (including phenoxy) is 1. The van der Waals surface area contributed by atoms with Crippen LogP contribution in [0.15, 0.2) is 24.3 Å². The van der Waals surface area contributed by atoms with Crippen molar-refractivity contribution < 1.29 is 17.9 Å². The summed E-state index contributed by atoms with van der Waals surface area (Å²) in [4.78, 5) is 12.1. The van der Waals surface area contributed by atoms with Crippen molar-refractivity contribution in [3.63, 3.8) is 0 Å². The molecule has 0 bridgehead atoms. The number of hydrogen-bond donors (Lipinski definition) is 1. The van der Waals surface area contributed by atoms with Gasteiger partial charge in [0, 0.05) is 12.3 Å². The second kappa shape index (κ2) is 6.61. The van der Waals surface area contributed by atoms with Gasteiger partial charge in [-0.3, -0.25) is 4.79 Å². The second-order valence-corrected chi connectivity index (χ2v) is 9.64. The van der Waals surface area contributed by atoms with Gasteiger partial charge in [0.25, 0.3) is 0 Å². The third kappa shape index (κ3) is 4.54. The SMILES string of the molecule is CCO[C@H]1C[C@@H]1C(=O)Nc1cccc(CS(=O)(=O)C(C)(C)C)c1. The molecule has 0 spiro atoms. The smallest absolute Gasteiger partial charge is 0.230 e. The molecular formula is C17H25NO4S. The Balaban J connectivity index is 2.02. The number of carbonyl (C=O) groups excluding carboxylic acids is 1. The van der Waals surface area contributed by atoms with Crippen molar-refractivity contribution in [3.05, 3.63) is 29.8 Å². The molecule has 1 aromatic rings. The molecule has 2 rings (SSSR count). The Morgan fingerprint density at radius 3 is 2.65 bits per heavy atom. The van der Waals surface area contributed by atoms with Gasteiger partial charge in [0.05, 0.1) is 22.5 Å². The first-order chi connectivity index (χ1) is 10.6. The summed E-state index contributed by atoms with van der Waals surface area (Å²) in [6.45, 7) is 7.58. The van der Waals surface area contributed by atoms with E-state index >= 15 is 0 Å².